The molecule has 0 aliphatic heterocycles. The van der Waals surface area contributed by atoms with Crippen molar-refractivity contribution in [2.45, 2.75) is 24.6 Å². The molecule has 2 heterocycles. The summed E-state index contributed by atoms with van der Waals surface area (Å²) in [4.78, 5) is 34.8. The SMILES string of the molecule is Cc1ccc(-c2nc(SCc3ccccc3C)c3c(=O)n(C)c(=O)n(C)c3n2)cc1. The molecule has 7 heteroatoms. The van der Waals surface area contributed by atoms with Gasteiger partial charge in [-0.15, -0.1) is 11.8 Å². The second-order valence-electron chi connectivity index (χ2n) is 7.34. The van der Waals surface area contributed by atoms with Crippen molar-refractivity contribution in [2.75, 3.05) is 0 Å². The number of nitrogens with zero attached hydrogens (tertiary/aromatic N) is 4. The largest absolute Gasteiger partial charge is 0.332 e. The zero-order valence-corrected chi connectivity index (χ0v) is 18.2. The van der Waals surface area contributed by atoms with Gasteiger partial charge in [-0.1, -0.05) is 54.1 Å². The van der Waals surface area contributed by atoms with Crippen LogP contribution in [0.3, 0.4) is 0 Å². The molecule has 30 heavy (non-hydrogen) atoms. The Balaban J connectivity index is 1.93. The Morgan fingerprint density at radius 3 is 2.30 bits per heavy atom. The van der Waals surface area contributed by atoms with Crippen LogP contribution < -0.4 is 11.2 Å². The minimum absolute atomic E-state index is 0.348. The van der Waals surface area contributed by atoms with Crippen molar-refractivity contribution < 1.29 is 0 Å². The molecule has 4 rings (SSSR count). The molecule has 0 fully saturated rings. The molecule has 0 saturated heterocycles. The summed E-state index contributed by atoms with van der Waals surface area (Å²) in [5, 5.41) is 0.948. The van der Waals surface area contributed by atoms with Gasteiger partial charge in [0.25, 0.3) is 5.56 Å². The van der Waals surface area contributed by atoms with Crippen molar-refractivity contribution in [1.29, 1.82) is 0 Å². The molecule has 0 aliphatic carbocycles. The Kier molecular flexibility index (Phi) is 5.30. The maximum absolute atomic E-state index is 12.9. The van der Waals surface area contributed by atoms with E-state index in [1.165, 1.54) is 34.5 Å². The highest BCUT2D eigenvalue weighted by Crippen LogP contribution is 2.29. The first-order valence-electron chi connectivity index (χ1n) is 9.59. The minimum Gasteiger partial charge on any atom is -0.280 e. The summed E-state index contributed by atoms with van der Waals surface area (Å²) in [6.07, 6.45) is 0. The number of rotatable bonds is 4. The van der Waals surface area contributed by atoms with E-state index in [0.29, 0.717) is 27.6 Å². The van der Waals surface area contributed by atoms with Crippen molar-refractivity contribution >= 4 is 22.8 Å². The highest BCUT2D eigenvalue weighted by Gasteiger charge is 2.18. The molecule has 6 nitrogen and oxygen atoms in total. The van der Waals surface area contributed by atoms with Crippen molar-refractivity contribution in [3.05, 3.63) is 86.1 Å². The lowest BCUT2D eigenvalue weighted by atomic mass is 10.1. The first kappa shape index (κ1) is 20.1. The molecular weight excluding hydrogens is 396 g/mol. The predicted molar refractivity (Wildman–Crippen MR) is 121 cm³/mol. The molecule has 4 aromatic rings. The average molecular weight is 419 g/mol. The maximum atomic E-state index is 12.9. The van der Waals surface area contributed by atoms with Gasteiger partial charge in [0, 0.05) is 25.4 Å². The van der Waals surface area contributed by atoms with E-state index in [-0.39, 0.29) is 5.56 Å². The first-order chi connectivity index (χ1) is 14.4. The normalized spacial score (nSPS) is 11.2. The minimum atomic E-state index is -0.407. The Morgan fingerprint density at radius 1 is 0.900 bits per heavy atom. The fraction of sp³-hybridized carbons (Fsp3) is 0.217. The Bertz CT molecular complexity index is 1370. The van der Waals surface area contributed by atoms with E-state index < -0.39 is 5.69 Å². The van der Waals surface area contributed by atoms with Crippen LogP contribution in [0.5, 0.6) is 0 Å². The van der Waals surface area contributed by atoms with Gasteiger partial charge in [-0.05, 0) is 25.0 Å². The van der Waals surface area contributed by atoms with Gasteiger partial charge in [0.1, 0.15) is 10.4 Å². The van der Waals surface area contributed by atoms with Crippen LogP contribution in [0, 0.1) is 13.8 Å². The third-order valence-electron chi connectivity index (χ3n) is 5.20. The first-order valence-corrected chi connectivity index (χ1v) is 10.6. The van der Waals surface area contributed by atoms with E-state index >= 15 is 0 Å². The fourth-order valence-corrected chi connectivity index (χ4v) is 4.37. The number of hydrogen-bond acceptors (Lipinski definition) is 5. The Hall–Kier alpha value is -3.19. The molecule has 0 saturated carbocycles. The summed E-state index contributed by atoms with van der Waals surface area (Å²) in [5.74, 6) is 1.16. The topological polar surface area (TPSA) is 69.8 Å². The van der Waals surface area contributed by atoms with Crippen molar-refractivity contribution in [2.24, 2.45) is 14.1 Å². The average Bonchev–Trinajstić information content (AvgIpc) is 2.75. The van der Waals surface area contributed by atoms with E-state index in [4.69, 9.17) is 4.98 Å². The van der Waals surface area contributed by atoms with Crippen molar-refractivity contribution in [1.82, 2.24) is 19.1 Å². The van der Waals surface area contributed by atoms with Gasteiger partial charge in [-0.25, -0.2) is 14.8 Å². The molecule has 0 spiro atoms. The molecule has 2 aromatic carbocycles. The standard InChI is InChI=1S/C23H22N4O2S/c1-14-9-11-16(12-10-14)19-24-20-18(22(28)27(4)23(29)26(20)3)21(25-19)30-13-17-8-6-5-7-15(17)2/h5-12H,13H2,1-4H3. The van der Waals surface area contributed by atoms with E-state index in [0.717, 1.165) is 15.7 Å². The molecule has 0 unspecified atom stereocenters. The summed E-state index contributed by atoms with van der Waals surface area (Å²) in [7, 11) is 3.11. The number of aromatic nitrogens is 4. The van der Waals surface area contributed by atoms with Gasteiger partial charge in [-0.2, -0.15) is 0 Å². The molecule has 0 N–H and O–H groups in total. The molecule has 2 aromatic heterocycles. The van der Waals surface area contributed by atoms with E-state index in [9.17, 15) is 9.59 Å². The van der Waals surface area contributed by atoms with Crippen LogP contribution in [0.15, 0.2) is 63.1 Å². The third-order valence-corrected chi connectivity index (χ3v) is 6.23. The van der Waals surface area contributed by atoms with Gasteiger partial charge in [0.15, 0.2) is 11.5 Å². The second kappa shape index (κ2) is 7.91. The third kappa shape index (κ3) is 3.57. The molecule has 0 atom stereocenters. The van der Waals surface area contributed by atoms with Crippen LogP contribution in [0.25, 0.3) is 22.4 Å². The number of aryl methyl sites for hydroxylation is 3. The van der Waals surface area contributed by atoms with Crippen LogP contribution >= 0.6 is 11.8 Å². The Morgan fingerprint density at radius 2 is 1.60 bits per heavy atom. The molecule has 0 radical (unpaired) electrons. The van der Waals surface area contributed by atoms with Crippen LogP contribution in [0.1, 0.15) is 16.7 Å². The molecule has 152 valence electrons. The van der Waals surface area contributed by atoms with Gasteiger partial charge < -0.3 is 0 Å². The molecule has 0 amide bonds. The zero-order chi connectivity index (χ0) is 21.4. The van der Waals surface area contributed by atoms with E-state index in [1.54, 1.807) is 7.05 Å². The van der Waals surface area contributed by atoms with Crippen molar-refractivity contribution in [3.8, 4) is 11.4 Å². The summed E-state index contributed by atoms with van der Waals surface area (Å²) in [6, 6.07) is 16.0. The summed E-state index contributed by atoms with van der Waals surface area (Å²) < 4.78 is 2.52. The predicted octanol–water partition coefficient (Wildman–Crippen LogP) is 3.60. The summed E-state index contributed by atoms with van der Waals surface area (Å²) in [6.45, 7) is 4.08. The summed E-state index contributed by atoms with van der Waals surface area (Å²) >= 11 is 1.49. The van der Waals surface area contributed by atoms with E-state index in [2.05, 4.69) is 24.0 Å². The maximum Gasteiger partial charge on any atom is 0.332 e. The fourth-order valence-electron chi connectivity index (χ4n) is 3.28. The zero-order valence-electron chi connectivity index (χ0n) is 17.3. The smallest absolute Gasteiger partial charge is 0.280 e. The molecule has 0 bridgehead atoms. The van der Waals surface area contributed by atoms with Gasteiger partial charge in [0.05, 0.1) is 0 Å². The molecule has 0 aliphatic rings. The number of thioether (sulfide) groups is 1. The number of hydrogen-bond donors (Lipinski definition) is 0. The van der Waals surface area contributed by atoms with Gasteiger partial charge in [-0.3, -0.25) is 13.9 Å². The van der Waals surface area contributed by atoms with Crippen molar-refractivity contribution in [3.63, 3.8) is 0 Å². The van der Waals surface area contributed by atoms with Crippen LogP contribution in [0.4, 0.5) is 0 Å². The van der Waals surface area contributed by atoms with Crippen LogP contribution in [0.2, 0.25) is 0 Å². The highest BCUT2D eigenvalue weighted by molar-refractivity contribution is 7.98. The molecular formula is C23H22N4O2S. The lowest BCUT2D eigenvalue weighted by Gasteiger charge is -2.12. The Labute approximate surface area is 178 Å². The number of fused-ring (bicyclic) bond motifs is 1. The van der Waals surface area contributed by atoms with Crippen LogP contribution in [-0.2, 0) is 19.8 Å². The van der Waals surface area contributed by atoms with Crippen LogP contribution in [-0.4, -0.2) is 19.1 Å². The lowest BCUT2D eigenvalue weighted by molar-refractivity contribution is 0.703. The lowest BCUT2D eigenvalue weighted by Crippen LogP contribution is -2.37. The van der Waals surface area contributed by atoms with Gasteiger partial charge in [0.2, 0.25) is 0 Å². The quantitative estimate of drug-likeness (QED) is 0.374. The highest BCUT2D eigenvalue weighted by atomic mass is 32.2. The second-order valence-corrected chi connectivity index (χ2v) is 8.30. The monoisotopic (exact) mass is 418 g/mol. The van der Waals surface area contributed by atoms with E-state index in [1.807, 2.05) is 43.3 Å². The van der Waals surface area contributed by atoms with Gasteiger partial charge >= 0.3 is 5.69 Å². The summed E-state index contributed by atoms with van der Waals surface area (Å²) in [5.41, 5.74) is 3.89. The number of benzene rings is 2.